The van der Waals surface area contributed by atoms with E-state index in [1.54, 1.807) is 11.3 Å². The number of hydrogen-bond acceptors (Lipinski definition) is 5. The van der Waals surface area contributed by atoms with Crippen molar-refractivity contribution in [2.75, 3.05) is 0 Å². The topological polar surface area (TPSA) is 83.5 Å². The lowest BCUT2D eigenvalue weighted by atomic mass is 10.0. The second kappa shape index (κ2) is 7.75. The van der Waals surface area contributed by atoms with Gasteiger partial charge in [0.05, 0.1) is 6.04 Å². The van der Waals surface area contributed by atoms with Gasteiger partial charge in [0.25, 0.3) is 0 Å². The summed E-state index contributed by atoms with van der Waals surface area (Å²) < 4.78 is 0. The fourth-order valence-corrected chi connectivity index (χ4v) is 3.00. The number of hydrogen-bond donors (Lipinski definition) is 3. The van der Waals surface area contributed by atoms with Gasteiger partial charge in [-0.05, 0) is 12.0 Å². The quantitative estimate of drug-likeness (QED) is 0.318. The van der Waals surface area contributed by atoms with Gasteiger partial charge in [-0.3, -0.25) is 0 Å². The molecule has 0 bridgehead atoms. The molecular weight excluding hydrogens is 284 g/mol. The number of nitrogens with one attached hydrogen (secondary N) is 1. The highest BCUT2D eigenvalue weighted by atomic mass is 32.1. The fourth-order valence-electron chi connectivity index (χ4n) is 2.22. The zero-order chi connectivity index (χ0) is 15.1. The van der Waals surface area contributed by atoms with Gasteiger partial charge in [-0.2, -0.15) is 0 Å². The van der Waals surface area contributed by atoms with Crippen LogP contribution >= 0.6 is 11.3 Å². The second-order valence-corrected chi connectivity index (χ2v) is 5.68. The van der Waals surface area contributed by atoms with Crippen LogP contribution in [-0.2, 0) is 0 Å². The summed E-state index contributed by atoms with van der Waals surface area (Å²) in [6, 6.07) is 10.2. The molecule has 5 nitrogen and oxygen atoms in total. The van der Waals surface area contributed by atoms with Crippen molar-refractivity contribution in [1.29, 1.82) is 0 Å². The maximum absolute atomic E-state index is 8.83. The molecule has 0 fully saturated rings. The summed E-state index contributed by atoms with van der Waals surface area (Å²) in [6.07, 6.45) is 3.18. The van der Waals surface area contributed by atoms with Gasteiger partial charge in [-0.25, -0.2) is 4.98 Å². The summed E-state index contributed by atoms with van der Waals surface area (Å²) in [7, 11) is 0. The highest BCUT2D eigenvalue weighted by Crippen LogP contribution is 2.25. The van der Waals surface area contributed by atoms with Crippen LogP contribution in [0.15, 0.2) is 47.1 Å². The van der Waals surface area contributed by atoms with Crippen molar-refractivity contribution < 1.29 is 5.21 Å². The van der Waals surface area contributed by atoms with Crippen molar-refractivity contribution >= 4 is 17.2 Å². The standard InChI is InChI=1S/C15H20N4OS/c1-2-12(15-17-8-9-21-15)18-13(10-14(16)19-20)11-6-4-3-5-7-11/h3-9,12-13,18,20H,2,10H2,1H3,(H2,16,19). The number of amidine groups is 1. The lowest BCUT2D eigenvalue weighted by Crippen LogP contribution is -2.30. The molecule has 1 aromatic carbocycles. The van der Waals surface area contributed by atoms with E-state index in [4.69, 9.17) is 10.9 Å². The molecule has 0 aliphatic heterocycles. The van der Waals surface area contributed by atoms with Crippen LogP contribution in [0, 0.1) is 0 Å². The minimum Gasteiger partial charge on any atom is -0.409 e. The molecule has 4 N–H and O–H groups in total. The number of thiazole rings is 1. The molecule has 21 heavy (non-hydrogen) atoms. The highest BCUT2D eigenvalue weighted by Gasteiger charge is 2.20. The maximum Gasteiger partial charge on any atom is 0.141 e. The molecular formula is C15H20N4OS. The smallest absolute Gasteiger partial charge is 0.141 e. The number of aromatic nitrogens is 1. The number of nitrogens with zero attached hydrogens (tertiary/aromatic N) is 2. The van der Waals surface area contributed by atoms with Gasteiger partial charge in [0.2, 0.25) is 0 Å². The van der Waals surface area contributed by atoms with Crippen LogP contribution in [-0.4, -0.2) is 16.0 Å². The Hall–Kier alpha value is -1.92. The molecule has 0 amide bonds. The van der Waals surface area contributed by atoms with Crippen LogP contribution in [0.2, 0.25) is 0 Å². The van der Waals surface area contributed by atoms with Crippen molar-refractivity contribution in [2.24, 2.45) is 10.9 Å². The van der Waals surface area contributed by atoms with E-state index < -0.39 is 0 Å². The van der Waals surface area contributed by atoms with Gasteiger partial charge in [0.1, 0.15) is 10.8 Å². The summed E-state index contributed by atoms with van der Waals surface area (Å²) >= 11 is 1.63. The van der Waals surface area contributed by atoms with E-state index in [1.165, 1.54) is 0 Å². The zero-order valence-electron chi connectivity index (χ0n) is 11.9. The van der Waals surface area contributed by atoms with Gasteiger partial charge < -0.3 is 16.3 Å². The van der Waals surface area contributed by atoms with Gasteiger partial charge in [0, 0.05) is 24.0 Å². The van der Waals surface area contributed by atoms with Crippen molar-refractivity contribution in [1.82, 2.24) is 10.3 Å². The third kappa shape index (κ3) is 4.27. The highest BCUT2D eigenvalue weighted by molar-refractivity contribution is 7.09. The molecule has 0 aliphatic carbocycles. The molecule has 0 radical (unpaired) electrons. The normalized spacial score (nSPS) is 14.8. The summed E-state index contributed by atoms with van der Waals surface area (Å²) in [4.78, 5) is 4.38. The van der Waals surface area contributed by atoms with Gasteiger partial charge in [-0.1, -0.05) is 42.4 Å². The molecule has 2 atom stereocenters. The molecule has 6 heteroatoms. The molecule has 2 aromatic rings. The lowest BCUT2D eigenvalue weighted by molar-refractivity contribution is 0.315. The number of oxime groups is 1. The Morgan fingerprint density at radius 2 is 2.14 bits per heavy atom. The van der Waals surface area contributed by atoms with Crippen LogP contribution < -0.4 is 11.1 Å². The largest absolute Gasteiger partial charge is 0.409 e. The van der Waals surface area contributed by atoms with E-state index in [0.29, 0.717) is 6.42 Å². The third-order valence-electron chi connectivity index (χ3n) is 3.30. The van der Waals surface area contributed by atoms with E-state index in [1.807, 2.05) is 41.9 Å². The predicted octanol–water partition coefficient (Wildman–Crippen LogP) is 3.06. The van der Waals surface area contributed by atoms with Crippen molar-refractivity contribution in [3.8, 4) is 0 Å². The minimum absolute atomic E-state index is 0.0176. The first kappa shape index (κ1) is 15.5. The van der Waals surface area contributed by atoms with E-state index >= 15 is 0 Å². The van der Waals surface area contributed by atoms with E-state index in [2.05, 4.69) is 22.4 Å². The Morgan fingerprint density at radius 1 is 1.38 bits per heavy atom. The summed E-state index contributed by atoms with van der Waals surface area (Å²) in [5, 5.41) is 18.5. The number of nitrogens with two attached hydrogens (primary N) is 1. The Bertz CT molecular complexity index is 556. The first-order valence-corrected chi connectivity index (χ1v) is 7.79. The first-order chi connectivity index (χ1) is 10.2. The summed E-state index contributed by atoms with van der Waals surface area (Å²) in [5.41, 5.74) is 6.80. The van der Waals surface area contributed by atoms with Crippen LogP contribution in [0.25, 0.3) is 0 Å². The molecule has 1 heterocycles. The molecule has 112 valence electrons. The predicted molar refractivity (Wildman–Crippen MR) is 85.5 cm³/mol. The monoisotopic (exact) mass is 304 g/mol. The second-order valence-electron chi connectivity index (χ2n) is 4.76. The van der Waals surface area contributed by atoms with E-state index in [9.17, 15) is 0 Å². The van der Waals surface area contributed by atoms with Crippen LogP contribution in [0.5, 0.6) is 0 Å². The first-order valence-electron chi connectivity index (χ1n) is 6.91. The third-order valence-corrected chi connectivity index (χ3v) is 4.19. The van der Waals surface area contributed by atoms with Crippen LogP contribution in [0.1, 0.15) is 42.4 Å². The van der Waals surface area contributed by atoms with Gasteiger partial charge in [-0.15, -0.1) is 11.3 Å². The Kier molecular flexibility index (Phi) is 5.71. The molecule has 2 unspecified atom stereocenters. The average Bonchev–Trinajstić information content (AvgIpc) is 3.06. The minimum atomic E-state index is -0.0176. The van der Waals surface area contributed by atoms with Crippen LogP contribution in [0.3, 0.4) is 0 Å². The lowest BCUT2D eigenvalue weighted by Gasteiger charge is -2.24. The van der Waals surface area contributed by atoms with Gasteiger partial charge in [0.15, 0.2) is 0 Å². The van der Waals surface area contributed by atoms with Crippen molar-refractivity contribution in [2.45, 2.75) is 31.8 Å². The van der Waals surface area contributed by atoms with Gasteiger partial charge >= 0.3 is 0 Å². The zero-order valence-corrected chi connectivity index (χ0v) is 12.8. The molecule has 0 spiro atoms. The molecule has 2 rings (SSSR count). The maximum atomic E-state index is 8.83. The Labute approximate surface area is 128 Å². The summed E-state index contributed by atoms with van der Waals surface area (Å²) in [5.74, 6) is 0.213. The molecule has 0 saturated carbocycles. The van der Waals surface area contributed by atoms with E-state index in [0.717, 1.165) is 17.0 Å². The summed E-state index contributed by atoms with van der Waals surface area (Å²) in [6.45, 7) is 2.12. The fraction of sp³-hybridized carbons (Fsp3) is 0.333. The van der Waals surface area contributed by atoms with E-state index in [-0.39, 0.29) is 17.9 Å². The molecule has 0 saturated heterocycles. The number of rotatable bonds is 7. The Balaban J connectivity index is 2.19. The molecule has 0 aliphatic rings. The Morgan fingerprint density at radius 3 is 2.71 bits per heavy atom. The average molecular weight is 304 g/mol. The SMILES string of the molecule is CCC(NC(CC(N)=NO)c1ccccc1)c1nccs1. The van der Waals surface area contributed by atoms with Crippen molar-refractivity contribution in [3.05, 3.63) is 52.5 Å². The molecule has 1 aromatic heterocycles. The van der Waals surface area contributed by atoms with Crippen molar-refractivity contribution in [3.63, 3.8) is 0 Å². The van der Waals surface area contributed by atoms with Crippen LogP contribution in [0.4, 0.5) is 0 Å². The number of benzene rings is 1.